The lowest BCUT2D eigenvalue weighted by molar-refractivity contribution is -0.130. The Bertz CT molecular complexity index is 1520. The zero-order valence-corrected chi connectivity index (χ0v) is 23.6. The van der Waals surface area contributed by atoms with Crippen molar-refractivity contribution in [3.8, 4) is 11.5 Å². The first-order valence-corrected chi connectivity index (χ1v) is 15.1. The number of hydrogen-bond acceptors (Lipinski definition) is 7. The number of carbonyl (C=O) groups is 1. The first kappa shape index (κ1) is 28.4. The number of anilines is 1. The van der Waals surface area contributed by atoms with Crippen LogP contribution in [0.15, 0.2) is 82.6 Å². The van der Waals surface area contributed by atoms with Gasteiger partial charge in [-0.15, -0.1) is 0 Å². The van der Waals surface area contributed by atoms with Gasteiger partial charge in [-0.2, -0.15) is 4.31 Å². The van der Waals surface area contributed by atoms with E-state index in [-0.39, 0.29) is 47.4 Å². The molecule has 1 fully saturated rings. The lowest BCUT2D eigenvalue weighted by atomic mass is 10.2. The van der Waals surface area contributed by atoms with Gasteiger partial charge in [0, 0.05) is 32.2 Å². The maximum atomic E-state index is 13.8. The maximum Gasteiger partial charge on any atom is 0.264 e. The molecule has 3 aromatic rings. The lowest BCUT2D eigenvalue weighted by Crippen LogP contribution is -2.53. The second-order valence-corrected chi connectivity index (χ2v) is 12.8. The van der Waals surface area contributed by atoms with Gasteiger partial charge in [0.05, 0.1) is 29.7 Å². The van der Waals surface area contributed by atoms with E-state index in [1.54, 1.807) is 54.6 Å². The summed E-state index contributed by atoms with van der Waals surface area (Å²) in [7, 11) is -5.02. The average Bonchev–Trinajstić information content (AvgIpc) is 2.96. The van der Waals surface area contributed by atoms with Crippen LogP contribution < -0.4 is 13.8 Å². The van der Waals surface area contributed by atoms with E-state index in [4.69, 9.17) is 9.47 Å². The Balaban J connectivity index is 1.58. The van der Waals surface area contributed by atoms with Crippen LogP contribution in [0, 0.1) is 6.92 Å². The predicted molar refractivity (Wildman–Crippen MR) is 147 cm³/mol. The summed E-state index contributed by atoms with van der Waals surface area (Å²) in [4.78, 5) is 15.1. The minimum atomic E-state index is -4.18. The largest absolute Gasteiger partial charge is 0.497 e. The smallest absolute Gasteiger partial charge is 0.264 e. The van der Waals surface area contributed by atoms with Crippen molar-refractivity contribution in [2.24, 2.45) is 0 Å². The molecular formula is C27H31N3O7S2. The highest BCUT2D eigenvalue weighted by Gasteiger charge is 2.34. The third-order valence-corrected chi connectivity index (χ3v) is 10.2. The fourth-order valence-electron chi connectivity index (χ4n) is 4.27. The highest BCUT2D eigenvalue weighted by Crippen LogP contribution is 2.35. The van der Waals surface area contributed by atoms with E-state index in [1.807, 2.05) is 6.92 Å². The van der Waals surface area contributed by atoms with Gasteiger partial charge in [-0.1, -0.05) is 35.9 Å². The summed E-state index contributed by atoms with van der Waals surface area (Å²) in [5.74, 6) is 0.172. The quantitative estimate of drug-likeness (QED) is 0.387. The molecule has 1 aliphatic rings. The number of piperazine rings is 1. The van der Waals surface area contributed by atoms with Crippen molar-refractivity contribution >= 4 is 31.6 Å². The van der Waals surface area contributed by atoms with Crippen LogP contribution >= 0.6 is 0 Å². The zero-order valence-electron chi connectivity index (χ0n) is 22.0. The van der Waals surface area contributed by atoms with E-state index in [9.17, 15) is 21.6 Å². The fraction of sp³-hybridized carbons (Fsp3) is 0.296. The Morgan fingerprint density at radius 2 is 1.46 bits per heavy atom. The number of methoxy groups -OCH3 is 2. The normalized spacial score (nSPS) is 14.6. The molecule has 0 bridgehead atoms. The molecule has 208 valence electrons. The summed E-state index contributed by atoms with van der Waals surface area (Å²) in [6.07, 6.45) is 0. The summed E-state index contributed by atoms with van der Waals surface area (Å²) >= 11 is 0. The molecule has 12 heteroatoms. The topological polar surface area (TPSA) is 114 Å². The Morgan fingerprint density at radius 1 is 0.821 bits per heavy atom. The van der Waals surface area contributed by atoms with Gasteiger partial charge in [0.2, 0.25) is 15.9 Å². The van der Waals surface area contributed by atoms with Gasteiger partial charge in [-0.05, 0) is 43.3 Å². The zero-order chi connectivity index (χ0) is 28.2. The van der Waals surface area contributed by atoms with Crippen molar-refractivity contribution in [3.63, 3.8) is 0 Å². The van der Waals surface area contributed by atoms with Gasteiger partial charge >= 0.3 is 0 Å². The van der Waals surface area contributed by atoms with Crippen LogP contribution in [-0.4, -0.2) is 78.9 Å². The van der Waals surface area contributed by atoms with Gasteiger partial charge < -0.3 is 14.4 Å². The van der Waals surface area contributed by atoms with Crippen molar-refractivity contribution in [3.05, 3.63) is 78.4 Å². The molecule has 1 heterocycles. The molecule has 0 saturated carbocycles. The number of nitrogens with zero attached hydrogens (tertiary/aromatic N) is 3. The molecule has 10 nitrogen and oxygen atoms in total. The van der Waals surface area contributed by atoms with Crippen molar-refractivity contribution in [1.29, 1.82) is 0 Å². The number of amides is 1. The first-order valence-electron chi connectivity index (χ1n) is 12.2. The Hall–Kier alpha value is -3.61. The number of hydrogen-bond donors (Lipinski definition) is 0. The molecule has 0 N–H and O–H groups in total. The first-order chi connectivity index (χ1) is 18.6. The summed E-state index contributed by atoms with van der Waals surface area (Å²) in [5, 5.41) is 0. The molecule has 0 aromatic heterocycles. The third-order valence-electron chi connectivity index (χ3n) is 6.51. The lowest BCUT2D eigenvalue weighted by Gasteiger charge is -2.35. The second-order valence-electron chi connectivity index (χ2n) is 8.96. The summed E-state index contributed by atoms with van der Waals surface area (Å²) in [5.41, 5.74) is 1.10. The van der Waals surface area contributed by atoms with E-state index in [0.717, 1.165) is 9.87 Å². The van der Waals surface area contributed by atoms with Crippen molar-refractivity contribution in [1.82, 2.24) is 9.21 Å². The molecule has 1 saturated heterocycles. The number of benzene rings is 3. The molecule has 3 aromatic carbocycles. The number of aryl methyl sites for hydroxylation is 1. The Labute approximate surface area is 229 Å². The Kier molecular flexibility index (Phi) is 8.48. The third kappa shape index (κ3) is 6.02. The van der Waals surface area contributed by atoms with Gasteiger partial charge in [0.15, 0.2) is 0 Å². The van der Waals surface area contributed by atoms with E-state index < -0.39 is 32.5 Å². The summed E-state index contributed by atoms with van der Waals surface area (Å²) < 4.78 is 66.7. The maximum absolute atomic E-state index is 13.8. The van der Waals surface area contributed by atoms with Crippen LogP contribution in [0.5, 0.6) is 11.5 Å². The number of rotatable bonds is 9. The van der Waals surface area contributed by atoms with Crippen molar-refractivity contribution in [2.75, 3.05) is 51.2 Å². The summed E-state index contributed by atoms with van der Waals surface area (Å²) in [6, 6.07) is 19.1. The van der Waals surface area contributed by atoms with E-state index in [1.165, 1.54) is 41.6 Å². The minimum Gasteiger partial charge on any atom is -0.497 e. The molecule has 0 radical (unpaired) electrons. The van der Waals surface area contributed by atoms with Crippen molar-refractivity contribution < 1.29 is 31.1 Å². The molecule has 0 aliphatic carbocycles. The average molecular weight is 574 g/mol. The predicted octanol–water partition coefficient (Wildman–Crippen LogP) is 2.74. The standard InChI is InChI=1S/C27H31N3O7S2/c1-21-9-12-24(13-10-21)38(32,33)29-17-15-28(16-18-29)27(31)20-30(39(34,35)23-7-5-4-6-8-23)25-19-22(36-2)11-14-26(25)37-3/h4-14,19H,15-18,20H2,1-3H3. The number of sulfonamides is 2. The highest BCUT2D eigenvalue weighted by atomic mass is 32.2. The molecular weight excluding hydrogens is 542 g/mol. The van der Waals surface area contributed by atoms with Gasteiger partial charge in [0.25, 0.3) is 10.0 Å². The SMILES string of the molecule is COc1ccc(OC)c(N(CC(=O)N2CCN(S(=O)(=O)c3ccc(C)cc3)CC2)S(=O)(=O)c2ccccc2)c1. The van der Waals surface area contributed by atoms with Crippen molar-refractivity contribution in [2.45, 2.75) is 16.7 Å². The van der Waals surface area contributed by atoms with Crippen LogP contribution in [0.3, 0.4) is 0 Å². The molecule has 0 atom stereocenters. The van der Waals surface area contributed by atoms with E-state index >= 15 is 0 Å². The van der Waals surface area contributed by atoms with E-state index in [2.05, 4.69) is 0 Å². The second kappa shape index (κ2) is 11.6. The molecule has 39 heavy (non-hydrogen) atoms. The monoisotopic (exact) mass is 573 g/mol. The van der Waals surface area contributed by atoms with Crippen LogP contribution in [0.25, 0.3) is 0 Å². The van der Waals surface area contributed by atoms with E-state index in [0.29, 0.717) is 5.75 Å². The minimum absolute atomic E-state index is 0.0108. The van der Waals surface area contributed by atoms with Crippen LogP contribution in [-0.2, 0) is 24.8 Å². The van der Waals surface area contributed by atoms with Crippen LogP contribution in [0.1, 0.15) is 5.56 Å². The summed E-state index contributed by atoms with van der Waals surface area (Å²) in [6.45, 7) is 1.80. The molecule has 1 amide bonds. The highest BCUT2D eigenvalue weighted by molar-refractivity contribution is 7.93. The van der Waals surface area contributed by atoms with Gasteiger partial charge in [-0.25, -0.2) is 16.8 Å². The fourth-order valence-corrected chi connectivity index (χ4v) is 7.13. The molecule has 4 rings (SSSR count). The van der Waals surface area contributed by atoms with Crippen LogP contribution in [0.4, 0.5) is 5.69 Å². The number of ether oxygens (including phenoxy) is 2. The molecule has 1 aliphatic heterocycles. The van der Waals surface area contributed by atoms with Gasteiger partial charge in [-0.3, -0.25) is 9.10 Å². The molecule has 0 spiro atoms. The van der Waals surface area contributed by atoms with Crippen LogP contribution in [0.2, 0.25) is 0 Å². The Morgan fingerprint density at radius 3 is 2.05 bits per heavy atom. The van der Waals surface area contributed by atoms with Gasteiger partial charge in [0.1, 0.15) is 18.0 Å². The molecule has 0 unspecified atom stereocenters. The number of carbonyl (C=O) groups excluding carboxylic acids is 1.